The second-order valence-corrected chi connectivity index (χ2v) is 3.42. The first-order valence-corrected chi connectivity index (χ1v) is 5.79. The van der Waals surface area contributed by atoms with Crippen LogP contribution in [0.3, 0.4) is 0 Å². The minimum absolute atomic E-state index is 0.341. The van der Waals surface area contributed by atoms with E-state index in [0.29, 0.717) is 45.0 Å². The van der Waals surface area contributed by atoms with Crippen molar-refractivity contribution >= 4 is 5.97 Å². The molecule has 0 aromatic carbocycles. The molecule has 0 fully saturated rings. The summed E-state index contributed by atoms with van der Waals surface area (Å²) in [6.45, 7) is 4.54. The topological polar surface area (TPSA) is 65.0 Å². The molecule has 1 N–H and O–H groups in total. The van der Waals surface area contributed by atoms with Crippen molar-refractivity contribution in [3.8, 4) is 0 Å². The Morgan fingerprint density at radius 1 is 1.18 bits per heavy atom. The van der Waals surface area contributed by atoms with E-state index >= 15 is 0 Å². The first-order valence-electron chi connectivity index (χ1n) is 5.79. The van der Waals surface area contributed by atoms with Gasteiger partial charge in [-0.1, -0.05) is 6.92 Å². The number of rotatable bonds is 11. The smallest absolute Gasteiger partial charge is 0.331 e. The van der Waals surface area contributed by atoms with Crippen LogP contribution in [-0.2, 0) is 19.0 Å². The first-order chi connectivity index (χ1) is 8.22. The predicted octanol–water partition coefficient (Wildman–Crippen LogP) is 1.48. The molecule has 5 nitrogen and oxygen atoms in total. The molecule has 0 aromatic heterocycles. The van der Waals surface area contributed by atoms with Crippen molar-refractivity contribution in [1.82, 2.24) is 0 Å². The van der Waals surface area contributed by atoms with Gasteiger partial charge in [0, 0.05) is 25.9 Å². The van der Waals surface area contributed by atoms with Crippen LogP contribution in [0.25, 0.3) is 0 Å². The largest absolute Gasteiger partial charge is 0.478 e. The number of aliphatic carboxylic acids is 1. The van der Waals surface area contributed by atoms with E-state index in [1.165, 1.54) is 0 Å². The third kappa shape index (κ3) is 9.99. The van der Waals surface area contributed by atoms with E-state index in [1.54, 1.807) is 13.2 Å². The Bertz CT molecular complexity index is 225. The van der Waals surface area contributed by atoms with Gasteiger partial charge in [-0.2, -0.15) is 0 Å². The van der Waals surface area contributed by atoms with Crippen LogP contribution in [0.2, 0.25) is 0 Å². The summed E-state index contributed by atoms with van der Waals surface area (Å²) in [6.07, 6.45) is 2.92. The Labute approximate surface area is 102 Å². The average Bonchev–Trinajstić information content (AvgIpc) is 2.31. The molecule has 100 valence electrons. The molecule has 0 aromatic rings. The Hall–Kier alpha value is -0.910. The summed E-state index contributed by atoms with van der Waals surface area (Å²) in [5, 5.41) is 8.74. The second kappa shape index (κ2) is 11.6. The van der Waals surface area contributed by atoms with Gasteiger partial charge in [-0.25, -0.2) is 4.79 Å². The van der Waals surface area contributed by atoms with Gasteiger partial charge in [0.25, 0.3) is 0 Å². The molecule has 0 radical (unpaired) electrons. The van der Waals surface area contributed by atoms with Crippen molar-refractivity contribution in [2.24, 2.45) is 0 Å². The highest BCUT2D eigenvalue weighted by Crippen LogP contribution is 2.00. The van der Waals surface area contributed by atoms with Crippen LogP contribution in [0.5, 0.6) is 0 Å². The molecule has 0 aliphatic carbocycles. The van der Waals surface area contributed by atoms with Crippen molar-refractivity contribution in [2.45, 2.75) is 19.8 Å². The van der Waals surface area contributed by atoms with Crippen LogP contribution in [0, 0.1) is 0 Å². The Morgan fingerprint density at radius 2 is 1.88 bits per heavy atom. The van der Waals surface area contributed by atoms with Gasteiger partial charge in [-0.05, 0) is 18.9 Å². The molecule has 0 aliphatic rings. The maximum absolute atomic E-state index is 10.6. The second-order valence-electron chi connectivity index (χ2n) is 3.42. The standard InChI is InChI=1S/C12H22O5/c1-3-11(12(13)14)5-8-16-6-4-7-17-10-9-15-2/h5H,3-4,6-10H2,1-2H3,(H,13,14). The number of carboxylic acid groups (broad SMARTS) is 1. The van der Waals surface area contributed by atoms with E-state index in [0.717, 1.165) is 6.42 Å². The molecule has 0 amide bonds. The van der Waals surface area contributed by atoms with E-state index in [2.05, 4.69) is 0 Å². The summed E-state index contributed by atoms with van der Waals surface area (Å²) >= 11 is 0. The zero-order valence-corrected chi connectivity index (χ0v) is 10.6. The fourth-order valence-corrected chi connectivity index (χ4v) is 1.13. The normalized spacial score (nSPS) is 11.8. The fourth-order valence-electron chi connectivity index (χ4n) is 1.13. The molecule has 0 heterocycles. The Balaban J connectivity index is 3.36. The number of carbonyl (C=O) groups is 1. The summed E-state index contributed by atoms with van der Waals surface area (Å²) in [4.78, 5) is 10.6. The summed E-state index contributed by atoms with van der Waals surface area (Å²) in [5.41, 5.74) is 0.390. The van der Waals surface area contributed by atoms with Crippen LogP contribution in [-0.4, -0.2) is 51.2 Å². The van der Waals surface area contributed by atoms with Crippen molar-refractivity contribution in [1.29, 1.82) is 0 Å². The lowest BCUT2D eigenvalue weighted by Gasteiger charge is -2.04. The molecule has 0 saturated heterocycles. The molecule has 0 atom stereocenters. The van der Waals surface area contributed by atoms with E-state index < -0.39 is 5.97 Å². The van der Waals surface area contributed by atoms with Gasteiger partial charge in [0.1, 0.15) is 0 Å². The first kappa shape index (κ1) is 16.1. The Morgan fingerprint density at radius 3 is 2.47 bits per heavy atom. The quantitative estimate of drug-likeness (QED) is 0.442. The highest BCUT2D eigenvalue weighted by atomic mass is 16.5. The minimum Gasteiger partial charge on any atom is -0.478 e. The van der Waals surface area contributed by atoms with Gasteiger partial charge >= 0.3 is 5.97 Å². The lowest BCUT2D eigenvalue weighted by molar-refractivity contribution is -0.132. The van der Waals surface area contributed by atoms with E-state index in [1.807, 2.05) is 6.92 Å². The molecule has 5 heteroatoms. The zero-order chi connectivity index (χ0) is 12.9. The number of ether oxygens (including phenoxy) is 3. The number of hydrogen-bond acceptors (Lipinski definition) is 4. The number of methoxy groups -OCH3 is 1. The van der Waals surface area contributed by atoms with Gasteiger partial charge in [0.15, 0.2) is 0 Å². The lowest BCUT2D eigenvalue weighted by atomic mass is 10.2. The van der Waals surface area contributed by atoms with Crippen molar-refractivity contribution < 1.29 is 24.1 Å². The summed E-state index contributed by atoms with van der Waals surface area (Å²) in [7, 11) is 1.63. The molecule has 0 rings (SSSR count). The van der Waals surface area contributed by atoms with Crippen molar-refractivity contribution in [3.05, 3.63) is 11.6 Å². The number of carboxylic acids is 1. The van der Waals surface area contributed by atoms with Crippen LogP contribution >= 0.6 is 0 Å². The number of hydrogen-bond donors (Lipinski definition) is 1. The molecule has 0 saturated carbocycles. The van der Waals surface area contributed by atoms with E-state index in [9.17, 15) is 4.79 Å². The van der Waals surface area contributed by atoms with Crippen molar-refractivity contribution in [3.63, 3.8) is 0 Å². The van der Waals surface area contributed by atoms with Gasteiger partial charge in [-0.15, -0.1) is 0 Å². The predicted molar refractivity (Wildman–Crippen MR) is 64.1 cm³/mol. The molecule has 17 heavy (non-hydrogen) atoms. The molecular formula is C12H22O5. The zero-order valence-electron chi connectivity index (χ0n) is 10.6. The summed E-state index contributed by atoms with van der Waals surface area (Å²) in [6, 6.07) is 0. The van der Waals surface area contributed by atoms with Gasteiger partial charge in [0.2, 0.25) is 0 Å². The highest BCUT2D eigenvalue weighted by Gasteiger charge is 2.02. The Kier molecular flexibility index (Phi) is 11.0. The minimum atomic E-state index is -0.876. The monoisotopic (exact) mass is 246 g/mol. The van der Waals surface area contributed by atoms with Crippen LogP contribution in [0.1, 0.15) is 19.8 Å². The summed E-state index contributed by atoms with van der Waals surface area (Å²) < 4.78 is 15.3. The van der Waals surface area contributed by atoms with Crippen molar-refractivity contribution in [2.75, 3.05) is 40.1 Å². The maximum atomic E-state index is 10.6. The molecular weight excluding hydrogens is 224 g/mol. The fraction of sp³-hybridized carbons (Fsp3) is 0.750. The molecule has 0 spiro atoms. The van der Waals surface area contributed by atoms with Crippen LogP contribution in [0.15, 0.2) is 11.6 Å². The molecule has 0 bridgehead atoms. The van der Waals surface area contributed by atoms with Gasteiger partial charge in [-0.3, -0.25) is 0 Å². The van der Waals surface area contributed by atoms with Gasteiger partial charge in [0.05, 0.1) is 19.8 Å². The molecule has 0 aliphatic heterocycles. The summed E-state index contributed by atoms with van der Waals surface area (Å²) in [5.74, 6) is -0.876. The highest BCUT2D eigenvalue weighted by molar-refractivity contribution is 5.86. The maximum Gasteiger partial charge on any atom is 0.331 e. The van der Waals surface area contributed by atoms with Crippen LogP contribution < -0.4 is 0 Å². The third-order valence-corrected chi connectivity index (χ3v) is 2.11. The van der Waals surface area contributed by atoms with Crippen LogP contribution in [0.4, 0.5) is 0 Å². The van der Waals surface area contributed by atoms with E-state index in [-0.39, 0.29) is 0 Å². The third-order valence-electron chi connectivity index (χ3n) is 2.11. The molecule has 0 unspecified atom stereocenters. The lowest BCUT2D eigenvalue weighted by Crippen LogP contribution is -2.06. The van der Waals surface area contributed by atoms with E-state index in [4.69, 9.17) is 19.3 Å². The average molecular weight is 246 g/mol. The van der Waals surface area contributed by atoms with Gasteiger partial charge < -0.3 is 19.3 Å². The SMILES string of the molecule is CCC(=CCOCCCOCCOC)C(=O)O.